The number of para-hydroxylation sites is 1. The van der Waals surface area contributed by atoms with Crippen molar-refractivity contribution >= 4 is 26.8 Å². The molecule has 1 saturated carbocycles. The zero-order valence-electron chi connectivity index (χ0n) is 12.6. The Morgan fingerprint density at radius 2 is 2.00 bits per heavy atom. The molecule has 1 aliphatic carbocycles. The summed E-state index contributed by atoms with van der Waals surface area (Å²) in [5, 5.41) is 4.67. The van der Waals surface area contributed by atoms with E-state index in [1.54, 1.807) is 0 Å². The number of halogens is 1. The first kappa shape index (κ1) is 15.0. The molecule has 3 heteroatoms. The molecule has 1 aromatic heterocycles. The van der Waals surface area contributed by atoms with Crippen molar-refractivity contribution in [2.24, 2.45) is 5.92 Å². The van der Waals surface area contributed by atoms with E-state index in [9.17, 15) is 0 Å². The Balaban J connectivity index is 1.86. The van der Waals surface area contributed by atoms with Gasteiger partial charge in [-0.3, -0.25) is 0 Å². The zero-order chi connectivity index (χ0) is 14.7. The predicted molar refractivity (Wildman–Crippen MR) is 92.4 cm³/mol. The fourth-order valence-corrected chi connectivity index (χ4v) is 4.08. The number of aromatic nitrogens is 1. The molecular formula is C18H23BrN2. The Kier molecular flexibility index (Phi) is 4.91. The van der Waals surface area contributed by atoms with Crippen molar-refractivity contribution < 1.29 is 0 Å². The van der Waals surface area contributed by atoms with Crippen molar-refractivity contribution in [2.75, 3.05) is 7.05 Å². The molecule has 2 aromatic rings. The summed E-state index contributed by atoms with van der Waals surface area (Å²) in [6, 6.07) is 10.9. The second kappa shape index (κ2) is 6.89. The largest absolute Gasteiger partial charge is 0.312 e. The van der Waals surface area contributed by atoms with Gasteiger partial charge in [0.2, 0.25) is 0 Å². The maximum atomic E-state index is 4.90. The topological polar surface area (TPSA) is 24.9 Å². The Labute approximate surface area is 135 Å². The molecule has 1 unspecified atom stereocenters. The average molecular weight is 347 g/mol. The number of rotatable bonds is 4. The minimum absolute atomic E-state index is 0.340. The highest BCUT2D eigenvalue weighted by atomic mass is 79.9. The third kappa shape index (κ3) is 3.46. The van der Waals surface area contributed by atoms with Crippen LogP contribution in [-0.4, -0.2) is 12.0 Å². The lowest BCUT2D eigenvalue weighted by atomic mass is 9.84. The predicted octanol–water partition coefficient (Wildman–Crippen LogP) is 5.23. The second-order valence-electron chi connectivity index (χ2n) is 6.13. The highest BCUT2D eigenvalue weighted by molar-refractivity contribution is 9.10. The summed E-state index contributed by atoms with van der Waals surface area (Å²) in [6.07, 6.45) is 8.16. The van der Waals surface area contributed by atoms with Crippen LogP contribution in [0.2, 0.25) is 0 Å². The van der Waals surface area contributed by atoms with E-state index in [1.807, 2.05) is 0 Å². The minimum Gasteiger partial charge on any atom is -0.312 e. The van der Waals surface area contributed by atoms with Crippen molar-refractivity contribution in [2.45, 2.75) is 44.6 Å². The maximum Gasteiger partial charge on any atom is 0.0722 e. The smallest absolute Gasteiger partial charge is 0.0722 e. The highest BCUT2D eigenvalue weighted by Gasteiger charge is 2.22. The van der Waals surface area contributed by atoms with Gasteiger partial charge in [0.05, 0.1) is 17.3 Å². The molecule has 1 N–H and O–H groups in total. The van der Waals surface area contributed by atoms with Gasteiger partial charge in [0.15, 0.2) is 0 Å². The molecule has 0 amide bonds. The average Bonchev–Trinajstić information content (AvgIpc) is 2.53. The number of fused-ring (bicyclic) bond motifs is 1. The van der Waals surface area contributed by atoms with E-state index in [1.165, 1.54) is 43.9 Å². The summed E-state index contributed by atoms with van der Waals surface area (Å²) in [7, 11) is 2.05. The Morgan fingerprint density at radius 3 is 2.76 bits per heavy atom. The van der Waals surface area contributed by atoms with E-state index in [0.717, 1.165) is 21.6 Å². The van der Waals surface area contributed by atoms with Crippen LogP contribution in [0.25, 0.3) is 10.9 Å². The van der Waals surface area contributed by atoms with E-state index >= 15 is 0 Å². The summed E-state index contributed by atoms with van der Waals surface area (Å²) in [5.41, 5.74) is 2.24. The molecule has 1 heterocycles. The first-order valence-electron chi connectivity index (χ1n) is 8.00. The van der Waals surface area contributed by atoms with Gasteiger partial charge in [-0.15, -0.1) is 0 Å². The third-order valence-corrected chi connectivity index (χ3v) is 5.31. The quantitative estimate of drug-likeness (QED) is 0.819. The molecule has 0 saturated heterocycles. The fraction of sp³-hybridized carbons (Fsp3) is 0.500. The lowest BCUT2D eigenvalue weighted by Crippen LogP contribution is -2.22. The van der Waals surface area contributed by atoms with Crippen molar-refractivity contribution in [3.05, 3.63) is 40.5 Å². The van der Waals surface area contributed by atoms with Crippen LogP contribution in [-0.2, 0) is 0 Å². The maximum absolute atomic E-state index is 4.90. The molecule has 0 spiro atoms. The van der Waals surface area contributed by atoms with Crippen LogP contribution < -0.4 is 5.32 Å². The normalized spacial score (nSPS) is 18.0. The van der Waals surface area contributed by atoms with Gasteiger partial charge in [-0.25, -0.2) is 4.98 Å². The Bertz CT molecular complexity index is 605. The van der Waals surface area contributed by atoms with Crippen LogP contribution in [0.1, 0.15) is 50.3 Å². The molecule has 112 valence electrons. The number of pyridine rings is 1. The standard InChI is InChI=1S/C18H23BrN2/c1-20-17(11-13-7-3-2-4-8-13)18-15(19)12-14-9-5-6-10-16(14)21-18/h5-6,9-10,12-13,17,20H,2-4,7-8,11H2,1H3. The monoisotopic (exact) mass is 346 g/mol. The third-order valence-electron chi connectivity index (χ3n) is 4.68. The molecule has 3 rings (SSSR count). The van der Waals surface area contributed by atoms with Gasteiger partial charge < -0.3 is 5.32 Å². The summed E-state index contributed by atoms with van der Waals surface area (Å²) in [6.45, 7) is 0. The number of nitrogens with zero attached hydrogens (tertiary/aromatic N) is 1. The van der Waals surface area contributed by atoms with Crippen LogP contribution in [0.4, 0.5) is 0 Å². The molecule has 1 aromatic carbocycles. The highest BCUT2D eigenvalue weighted by Crippen LogP contribution is 2.34. The van der Waals surface area contributed by atoms with E-state index in [0.29, 0.717) is 6.04 Å². The van der Waals surface area contributed by atoms with Crippen LogP contribution in [0, 0.1) is 5.92 Å². The van der Waals surface area contributed by atoms with Crippen LogP contribution >= 0.6 is 15.9 Å². The van der Waals surface area contributed by atoms with Gasteiger partial charge in [0.1, 0.15) is 0 Å². The second-order valence-corrected chi connectivity index (χ2v) is 6.98. The van der Waals surface area contributed by atoms with Crippen molar-refractivity contribution in [1.29, 1.82) is 0 Å². The van der Waals surface area contributed by atoms with Gasteiger partial charge in [-0.2, -0.15) is 0 Å². The lowest BCUT2D eigenvalue weighted by molar-refractivity contribution is 0.303. The van der Waals surface area contributed by atoms with Crippen LogP contribution in [0.5, 0.6) is 0 Å². The van der Waals surface area contributed by atoms with E-state index in [-0.39, 0.29) is 0 Å². The lowest BCUT2D eigenvalue weighted by Gasteiger charge is -2.26. The number of nitrogens with one attached hydrogen (secondary N) is 1. The van der Waals surface area contributed by atoms with Gasteiger partial charge in [-0.1, -0.05) is 50.3 Å². The van der Waals surface area contributed by atoms with Gasteiger partial charge >= 0.3 is 0 Å². The molecule has 1 atom stereocenters. The van der Waals surface area contributed by atoms with Gasteiger partial charge in [0.25, 0.3) is 0 Å². The van der Waals surface area contributed by atoms with Crippen molar-refractivity contribution in [3.63, 3.8) is 0 Å². The van der Waals surface area contributed by atoms with Crippen LogP contribution in [0.15, 0.2) is 34.8 Å². The van der Waals surface area contributed by atoms with Crippen LogP contribution in [0.3, 0.4) is 0 Å². The number of hydrogen-bond donors (Lipinski definition) is 1. The first-order valence-corrected chi connectivity index (χ1v) is 8.79. The van der Waals surface area contributed by atoms with E-state index in [4.69, 9.17) is 4.98 Å². The molecule has 0 bridgehead atoms. The Morgan fingerprint density at radius 1 is 1.24 bits per heavy atom. The first-order chi connectivity index (χ1) is 10.3. The van der Waals surface area contributed by atoms with Gasteiger partial charge in [-0.05, 0) is 47.4 Å². The molecule has 0 radical (unpaired) electrons. The molecule has 1 fully saturated rings. The minimum atomic E-state index is 0.340. The molecular weight excluding hydrogens is 324 g/mol. The van der Waals surface area contributed by atoms with Crippen molar-refractivity contribution in [1.82, 2.24) is 10.3 Å². The summed E-state index contributed by atoms with van der Waals surface area (Å²) >= 11 is 3.72. The molecule has 21 heavy (non-hydrogen) atoms. The molecule has 0 aliphatic heterocycles. The molecule has 2 nitrogen and oxygen atoms in total. The van der Waals surface area contributed by atoms with E-state index < -0.39 is 0 Å². The molecule has 1 aliphatic rings. The summed E-state index contributed by atoms with van der Waals surface area (Å²) < 4.78 is 1.12. The van der Waals surface area contributed by atoms with Crippen molar-refractivity contribution in [3.8, 4) is 0 Å². The van der Waals surface area contributed by atoms with E-state index in [2.05, 4.69) is 58.6 Å². The SMILES string of the molecule is CNC(CC1CCCCC1)c1nc2ccccc2cc1Br. The number of benzene rings is 1. The Hall–Kier alpha value is -0.930. The summed E-state index contributed by atoms with van der Waals surface area (Å²) in [4.78, 5) is 4.90. The summed E-state index contributed by atoms with van der Waals surface area (Å²) in [5.74, 6) is 0.844. The number of hydrogen-bond acceptors (Lipinski definition) is 2. The van der Waals surface area contributed by atoms with Gasteiger partial charge in [0, 0.05) is 9.86 Å². The zero-order valence-corrected chi connectivity index (χ0v) is 14.2. The fourth-order valence-electron chi connectivity index (χ4n) is 3.47.